The quantitative estimate of drug-likeness (QED) is 0.663. The van der Waals surface area contributed by atoms with Crippen LogP contribution in [-0.4, -0.2) is 39.4 Å². The Morgan fingerprint density at radius 1 is 1.00 bits per heavy atom. The molecule has 2 aromatic carbocycles. The zero-order valence-corrected chi connectivity index (χ0v) is 15.1. The van der Waals surface area contributed by atoms with Crippen LogP contribution in [0.2, 0.25) is 5.02 Å². The van der Waals surface area contributed by atoms with Gasteiger partial charge in [-0.25, -0.2) is 0 Å². The molecule has 1 aliphatic rings. The van der Waals surface area contributed by atoms with Gasteiger partial charge in [-0.3, -0.25) is 19.3 Å². The van der Waals surface area contributed by atoms with E-state index in [1.807, 2.05) is 0 Å². The van der Waals surface area contributed by atoms with Crippen LogP contribution >= 0.6 is 11.6 Å². The number of hydrogen-bond donors (Lipinski definition) is 1. The lowest BCUT2D eigenvalue weighted by Crippen LogP contribution is -2.40. The first-order valence-electron chi connectivity index (χ1n) is 8.33. The number of nitrogens with one attached hydrogen (secondary N) is 1. The summed E-state index contributed by atoms with van der Waals surface area (Å²) in [6, 6.07) is 13.3. The van der Waals surface area contributed by atoms with E-state index in [4.69, 9.17) is 16.0 Å². The molecular formula is C19H13ClN4O4. The summed E-state index contributed by atoms with van der Waals surface area (Å²) in [6.07, 6.45) is 0. The van der Waals surface area contributed by atoms with Crippen molar-refractivity contribution in [2.75, 3.05) is 6.54 Å². The van der Waals surface area contributed by atoms with Gasteiger partial charge in [0.15, 0.2) is 0 Å². The lowest BCUT2D eigenvalue weighted by atomic mass is 10.1. The van der Waals surface area contributed by atoms with Gasteiger partial charge in [-0.05, 0) is 36.4 Å². The summed E-state index contributed by atoms with van der Waals surface area (Å²) in [4.78, 5) is 37.6. The highest BCUT2D eigenvalue weighted by Crippen LogP contribution is 2.22. The Bertz CT molecular complexity index is 1040. The van der Waals surface area contributed by atoms with Crippen LogP contribution in [0.3, 0.4) is 0 Å². The molecule has 1 aromatic heterocycles. The zero-order chi connectivity index (χ0) is 19.7. The highest BCUT2D eigenvalue weighted by atomic mass is 35.5. The van der Waals surface area contributed by atoms with Gasteiger partial charge in [-0.1, -0.05) is 23.7 Å². The summed E-state index contributed by atoms with van der Waals surface area (Å²) in [5.41, 5.74) is 1.29. The molecule has 2 heterocycles. The van der Waals surface area contributed by atoms with E-state index in [-0.39, 0.29) is 19.0 Å². The van der Waals surface area contributed by atoms with Crippen molar-refractivity contribution in [3.63, 3.8) is 0 Å². The Balaban J connectivity index is 1.36. The zero-order valence-electron chi connectivity index (χ0n) is 14.4. The maximum Gasteiger partial charge on any atom is 0.262 e. The van der Waals surface area contributed by atoms with Gasteiger partial charge in [0.2, 0.25) is 17.7 Å². The van der Waals surface area contributed by atoms with Crippen molar-refractivity contribution in [3.8, 4) is 11.5 Å². The monoisotopic (exact) mass is 396 g/mol. The van der Waals surface area contributed by atoms with Crippen LogP contribution in [0.1, 0.15) is 26.6 Å². The Hall–Kier alpha value is -3.52. The number of benzene rings is 2. The molecule has 0 fully saturated rings. The smallest absolute Gasteiger partial charge is 0.262 e. The number of hydrogen-bond acceptors (Lipinski definition) is 6. The molecule has 3 amide bonds. The third-order valence-electron chi connectivity index (χ3n) is 4.17. The number of fused-ring (bicyclic) bond motifs is 1. The van der Waals surface area contributed by atoms with Crippen LogP contribution in [0.15, 0.2) is 52.9 Å². The van der Waals surface area contributed by atoms with Crippen LogP contribution in [0.5, 0.6) is 0 Å². The Kier molecular flexibility index (Phi) is 4.62. The van der Waals surface area contributed by atoms with Crippen molar-refractivity contribution in [3.05, 3.63) is 70.6 Å². The number of halogens is 1. The second-order valence-corrected chi connectivity index (χ2v) is 6.46. The first-order valence-corrected chi connectivity index (χ1v) is 8.71. The summed E-state index contributed by atoms with van der Waals surface area (Å²) in [6.45, 7) is -0.410. The molecule has 8 nitrogen and oxygen atoms in total. The average Bonchev–Trinajstić information content (AvgIpc) is 3.27. The third kappa shape index (κ3) is 3.37. The fourth-order valence-corrected chi connectivity index (χ4v) is 2.92. The van der Waals surface area contributed by atoms with E-state index >= 15 is 0 Å². The molecule has 0 spiro atoms. The van der Waals surface area contributed by atoms with E-state index in [2.05, 4.69) is 15.5 Å². The molecule has 4 rings (SSSR count). The molecular weight excluding hydrogens is 384 g/mol. The molecule has 0 bridgehead atoms. The largest absolute Gasteiger partial charge is 0.419 e. The molecule has 0 atom stereocenters. The van der Waals surface area contributed by atoms with Gasteiger partial charge in [0.25, 0.3) is 11.8 Å². The molecule has 28 heavy (non-hydrogen) atoms. The van der Waals surface area contributed by atoms with Crippen molar-refractivity contribution >= 4 is 29.3 Å². The van der Waals surface area contributed by atoms with E-state index in [0.29, 0.717) is 27.6 Å². The first kappa shape index (κ1) is 17.9. The maximum atomic E-state index is 12.3. The summed E-state index contributed by atoms with van der Waals surface area (Å²) < 4.78 is 5.50. The van der Waals surface area contributed by atoms with Gasteiger partial charge in [-0.15, -0.1) is 10.2 Å². The van der Waals surface area contributed by atoms with Crippen molar-refractivity contribution in [1.29, 1.82) is 0 Å². The first-order chi connectivity index (χ1) is 13.5. The summed E-state index contributed by atoms with van der Waals surface area (Å²) in [5.74, 6) is -1.00. The van der Waals surface area contributed by atoms with Gasteiger partial charge in [0.05, 0.1) is 17.7 Å². The molecule has 140 valence electrons. The van der Waals surface area contributed by atoms with Crippen molar-refractivity contribution < 1.29 is 18.8 Å². The minimum Gasteiger partial charge on any atom is -0.419 e. The van der Waals surface area contributed by atoms with E-state index < -0.39 is 17.7 Å². The highest BCUT2D eigenvalue weighted by Gasteiger charge is 2.36. The highest BCUT2D eigenvalue weighted by molar-refractivity contribution is 6.30. The molecule has 0 radical (unpaired) electrons. The van der Waals surface area contributed by atoms with Gasteiger partial charge in [-0.2, -0.15) is 0 Å². The molecule has 0 saturated heterocycles. The maximum absolute atomic E-state index is 12.3. The fraction of sp³-hybridized carbons (Fsp3) is 0.105. The number of carbonyl (C=O) groups excluding carboxylic acids is 3. The topological polar surface area (TPSA) is 105 Å². The lowest BCUT2D eigenvalue weighted by Gasteiger charge is -2.12. The van der Waals surface area contributed by atoms with E-state index in [1.54, 1.807) is 48.5 Å². The second kappa shape index (κ2) is 7.24. The van der Waals surface area contributed by atoms with E-state index in [1.165, 1.54) is 0 Å². The van der Waals surface area contributed by atoms with Crippen molar-refractivity contribution in [2.45, 2.75) is 6.54 Å². The van der Waals surface area contributed by atoms with Crippen LogP contribution in [-0.2, 0) is 11.3 Å². The Labute approximate surface area is 164 Å². The van der Waals surface area contributed by atoms with Crippen LogP contribution in [0, 0.1) is 0 Å². The van der Waals surface area contributed by atoms with Crippen molar-refractivity contribution in [2.24, 2.45) is 0 Å². The molecule has 9 heteroatoms. The summed E-state index contributed by atoms with van der Waals surface area (Å²) >= 11 is 5.84. The predicted octanol–water partition coefficient (Wildman–Crippen LogP) is 2.30. The second-order valence-electron chi connectivity index (χ2n) is 6.03. The number of carbonyl (C=O) groups is 3. The standard InChI is InChI=1S/C19H13ClN4O4/c20-12-7-5-11(6-8-12)17-23-22-16(28-17)9-21-15(25)10-24-18(26)13-3-1-2-4-14(13)19(24)27/h1-8H,9-10H2,(H,21,25). The Morgan fingerprint density at radius 2 is 1.64 bits per heavy atom. The van der Waals surface area contributed by atoms with Crippen LogP contribution in [0.4, 0.5) is 0 Å². The normalized spacial score (nSPS) is 13.0. The minimum atomic E-state index is -0.513. The number of rotatable bonds is 5. The van der Waals surface area contributed by atoms with E-state index in [0.717, 1.165) is 4.90 Å². The lowest BCUT2D eigenvalue weighted by molar-refractivity contribution is -0.121. The summed E-state index contributed by atoms with van der Waals surface area (Å²) in [5, 5.41) is 10.9. The average molecular weight is 397 g/mol. The minimum absolute atomic E-state index is 0.0252. The number of aromatic nitrogens is 2. The number of imide groups is 1. The SMILES string of the molecule is O=C(CN1C(=O)c2ccccc2C1=O)NCc1nnc(-c2ccc(Cl)cc2)o1. The van der Waals surface area contributed by atoms with Crippen LogP contribution in [0.25, 0.3) is 11.5 Å². The molecule has 0 saturated carbocycles. The summed E-state index contributed by atoms with van der Waals surface area (Å²) in [7, 11) is 0. The number of nitrogens with zero attached hydrogens (tertiary/aromatic N) is 3. The molecule has 1 aliphatic heterocycles. The number of amides is 3. The van der Waals surface area contributed by atoms with Gasteiger partial charge < -0.3 is 9.73 Å². The predicted molar refractivity (Wildman–Crippen MR) is 98.4 cm³/mol. The molecule has 3 aromatic rings. The van der Waals surface area contributed by atoms with Crippen LogP contribution < -0.4 is 5.32 Å². The van der Waals surface area contributed by atoms with Gasteiger partial charge in [0.1, 0.15) is 6.54 Å². The fourth-order valence-electron chi connectivity index (χ4n) is 2.79. The molecule has 0 aliphatic carbocycles. The Morgan fingerprint density at radius 3 is 2.29 bits per heavy atom. The molecule has 0 unspecified atom stereocenters. The van der Waals surface area contributed by atoms with E-state index in [9.17, 15) is 14.4 Å². The van der Waals surface area contributed by atoms with Gasteiger partial charge >= 0.3 is 0 Å². The third-order valence-corrected chi connectivity index (χ3v) is 4.43. The van der Waals surface area contributed by atoms with Crippen molar-refractivity contribution in [1.82, 2.24) is 20.4 Å². The molecule has 1 N–H and O–H groups in total. The van der Waals surface area contributed by atoms with Gasteiger partial charge in [0, 0.05) is 10.6 Å².